The minimum absolute atomic E-state index is 0. The standard InChI is InChI=1S/C15H26N2O2.ClH/c18-13-6-3-4-11(13)8-17-14(19)15-7-2-1-5-12(15)9-16-10-15;/h11-13,16,18H,1-10H2,(H,17,19);1H/t11?,12-,13?,15+;/m0./s1. The molecule has 1 amide bonds. The zero-order valence-electron chi connectivity index (χ0n) is 12.1. The van der Waals surface area contributed by atoms with E-state index in [2.05, 4.69) is 10.6 Å². The van der Waals surface area contributed by atoms with E-state index in [4.69, 9.17) is 0 Å². The summed E-state index contributed by atoms with van der Waals surface area (Å²) in [5.74, 6) is 1.04. The molecule has 0 aromatic rings. The number of rotatable bonds is 3. The molecule has 4 atom stereocenters. The maximum absolute atomic E-state index is 12.6. The highest BCUT2D eigenvalue weighted by molar-refractivity contribution is 5.85. The van der Waals surface area contributed by atoms with Crippen molar-refractivity contribution in [1.29, 1.82) is 0 Å². The van der Waals surface area contributed by atoms with E-state index >= 15 is 0 Å². The SMILES string of the molecule is Cl.O=C(NCC1CCCC1O)[C@@]12CCCC[C@H]1CNC2. The van der Waals surface area contributed by atoms with Gasteiger partial charge >= 0.3 is 0 Å². The number of aliphatic hydroxyl groups excluding tert-OH is 1. The number of carbonyl (C=O) groups excluding carboxylic acids is 1. The summed E-state index contributed by atoms with van der Waals surface area (Å²) in [6.45, 7) is 2.50. The lowest BCUT2D eigenvalue weighted by Crippen LogP contribution is -2.49. The number of carbonyl (C=O) groups is 1. The molecule has 0 bridgehead atoms. The molecule has 0 spiro atoms. The number of amides is 1. The molecule has 2 saturated carbocycles. The lowest BCUT2D eigenvalue weighted by molar-refractivity contribution is -0.134. The fourth-order valence-electron chi connectivity index (χ4n) is 4.35. The van der Waals surface area contributed by atoms with Crippen LogP contribution >= 0.6 is 12.4 Å². The molecule has 2 unspecified atom stereocenters. The molecule has 0 radical (unpaired) electrons. The average Bonchev–Trinajstić information content (AvgIpc) is 3.02. The fourth-order valence-corrected chi connectivity index (χ4v) is 4.35. The van der Waals surface area contributed by atoms with Crippen LogP contribution in [0.25, 0.3) is 0 Å². The Balaban J connectivity index is 0.00000147. The third-order valence-corrected chi connectivity index (χ3v) is 5.63. The van der Waals surface area contributed by atoms with E-state index in [-0.39, 0.29) is 35.8 Å². The van der Waals surface area contributed by atoms with Crippen molar-refractivity contribution in [1.82, 2.24) is 10.6 Å². The van der Waals surface area contributed by atoms with Crippen molar-refractivity contribution in [2.75, 3.05) is 19.6 Å². The van der Waals surface area contributed by atoms with Crippen LogP contribution in [0.4, 0.5) is 0 Å². The Morgan fingerprint density at radius 1 is 1.25 bits per heavy atom. The summed E-state index contributed by atoms with van der Waals surface area (Å²) in [6.07, 6.45) is 7.50. The highest BCUT2D eigenvalue weighted by Gasteiger charge is 2.49. The molecule has 20 heavy (non-hydrogen) atoms. The van der Waals surface area contributed by atoms with Gasteiger partial charge in [0.25, 0.3) is 0 Å². The van der Waals surface area contributed by atoms with Crippen LogP contribution in [0.5, 0.6) is 0 Å². The molecule has 3 fully saturated rings. The number of nitrogens with one attached hydrogen (secondary N) is 2. The molecule has 3 N–H and O–H groups in total. The molecule has 2 aliphatic carbocycles. The van der Waals surface area contributed by atoms with Crippen molar-refractivity contribution in [2.45, 2.75) is 51.0 Å². The van der Waals surface area contributed by atoms with E-state index in [1.807, 2.05) is 0 Å². The smallest absolute Gasteiger partial charge is 0.227 e. The molecular weight excluding hydrogens is 276 g/mol. The second-order valence-corrected chi connectivity index (χ2v) is 6.70. The predicted octanol–water partition coefficient (Wildman–Crippen LogP) is 1.47. The summed E-state index contributed by atoms with van der Waals surface area (Å²) in [5, 5.41) is 16.4. The minimum atomic E-state index is -0.207. The van der Waals surface area contributed by atoms with Crippen LogP contribution in [0.1, 0.15) is 44.9 Å². The summed E-state index contributed by atoms with van der Waals surface area (Å²) in [7, 11) is 0. The van der Waals surface area contributed by atoms with Gasteiger partial charge in [0, 0.05) is 19.0 Å². The Bertz CT molecular complexity index is 353. The van der Waals surface area contributed by atoms with Crippen LogP contribution in [0.2, 0.25) is 0 Å². The summed E-state index contributed by atoms with van der Waals surface area (Å²) < 4.78 is 0. The second kappa shape index (κ2) is 6.63. The molecule has 3 rings (SSSR count). The molecule has 1 aliphatic heterocycles. The Morgan fingerprint density at radius 3 is 2.85 bits per heavy atom. The molecule has 116 valence electrons. The molecule has 1 heterocycles. The van der Waals surface area contributed by atoms with E-state index in [1.165, 1.54) is 19.3 Å². The lowest BCUT2D eigenvalue weighted by atomic mass is 9.67. The third kappa shape index (κ3) is 2.83. The average molecular weight is 303 g/mol. The maximum Gasteiger partial charge on any atom is 0.227 e. The van der Waals surface area contributed by atoms with E-state index < -0.39 is 0 Å². The lowest BCUT2D eigenvalue weighted by Gasteiger charge is -2.37. The van der Waals surface area contributed by atoms with E-state index in [9.17, 15) is 9.90 Å². The minimum Gasteiger partial charge on any atom is -0.393 e. The van der Waals surface area contributed by atoms with Crippen molar-refractivity contribution in [2.24, 2.45) is 17.3 Å². The molecule has 3 aliphatic rings. The summed E-state index contributed by atoms with van der Waals surface area (Å²) in [5.41, 5.74) is -0.151. The van der Waals surface area contributed by atoms with Gasteiger partial charge in [0.15, 0.2) is 0 Å². The first kappa shape index (κ1) is 16.1. The van der Waals surface area contributed by atoms with Crippen molar-refractivity contribution >= 4 is 18.3 Å². The molecule has 5 heteroatoms. The largest absolute Gasteiger partial charge is 0.393 e. The number of halogens is 1. The number of hydrogen-bond acceptors (Lipinski definition) is 3. The van der Waals surface area contributed by atoms with Gasteiger partial charge in [-0.1, -0.05) is 19.3 Å². The van der Waals surface area contributed by atoms with E-state index in [0.717, 1.165) is 38.8 Å². The van der Waals surface area contributed by atoms with Crippen molar-refractivity contribution < 1.29 is 9.90 Å². The Kier molecular flexibility index (Phi) is 5.32. The first-order valence-corrected chi connectivity index (χ1v) is 7.89. The first-order chi connectivity index (χ1) is 9.22. The molecule has 4 nitrogen and oxygen atoms in total. The second-order valence-electron chi connectivity index (χ2n) is 6.70. The monoisotopic (exact) mass is 302 g/mol. The van der Waals surface area contributed by atoms with Crippen LogP contribution in [-0.4, -0.2) is 36.8 Å². The summed E-state index contributed by atoms with van der Waals surface area (Å²) >= 11 is 0. The van der Waals surface area contributed by atoms with Gasteiger partial charge < -0.3 is 15.7 Å². The molecule has 0 aromatic carbocycles. The number of aliphatic hydroxyl groups is 1. The van der Waals surface area contributed by atoms with Gasteiger partial charge in [-0.05, 0) is 38.1 Å². The quantitative estimate of drug-likeness (QED) is 0.740. The van der Waals surface area contributed by atoms with Crippen LogP contribution in [0.15, 0.2) is 0 Å². The van der Waals surface area contributed by atoms with Gasteiger partial charge in [-0.25, -0.2) is 0 Å². The Morgan fingerprint density at radius 2 is 2.10 bits per heavy atom. The fraction of sp³-hybridized carbons (Fsp3) is 0.933. The normalized spacial score (nSPS) is 40.0. The van der Waals surface area contributed by atoms with Gasteiger partial charge in [-0.2, -0.15) is 0 Å². The number of hydrogen-bond donors (Lipinski definition) is 3. The highest BCUT2D eigenvalue weighted by atomic mass is 35.5. The zero-order chi connectivity index (χ0) is 13.3. The number of fused-ring (bicyclic) bond motifs is 1. The van der Waals surface area contributed by atoms with Gasteiger partial charge in [-0.3, -0.25) is 4.79 Å². The zero-order valence-corrected chi connectivity index (χ0v) is 12.9. The highest BCUT2D eigenvalue weighted by Crippen LogP contribution is 2.44. The van der Waals surface area contributed by atoms with Crippen LogP contribution in [-0.2, 0) is 4.79 Å². The summed E-state index contributed by atoms with van der Waals surface area (Å²) in [4.78, 5) is 12.6. The molecule has 1 saturated heterocycles. The maximum atomic E-state index is 12.6. The van der Waals surface area contributed by atoms with Gasteiger partial charge in [0.05, 0.1) is 11.5 Å². The predicted molar refractivity (Wildman–Crippen MR) is 80.9 cm³/mol. The first-order valence-electron chi connectivity index (χ1n) is 7.89. The van der Waals surface area contributed by atoms with Gasteiger partial charge in [0.2, 0.25) is 5.91 Å². The van der Waals surface area contributed by atoms with Gasteiger partial charge in [0.1, 0.15) is 0 Å². The van der Waals surface area contributed by atoms with Crippen LogP contribution < -0.4 is 10.6 Å². The van der Waals surface area contributed by atoms with Crippen molar-refractivity contribution in [3.63, 3.8) is 0 Å². The molecular formula is C15H27ClN2O2. The van der Waals surface area contributed by atoms with Gasteiger partial charge in [-0.15, -0.1) is 12.4 Å². The van der Waals surface area contributed by atoms with E-state index in [0.29, 0.717) is 12.5 Å². The van der Waals surface area contributed by atoms with Crippen molar-refractivity contribution in [3.8, 4) is 0 Å². The van der Waals surface area contributed by atoms with Crippen LogP contribution in [0, 0.1) is 17.3 Å². The van der Waals surface area contributed by atoms with E-state index in [1.54, 1.807) is 0 Å². The van der Waals surface area contributed by atoms with Crippen LogP contribution in [0.3, 0.4) is 0 Å². The van der Waals surface area contributed by atoms with Crippen molar-refractivity contribution in [3.05, 3.63) is 0 Å². The Labute approximate surface area is 127 Å². The Hall–Kier alpha value is -0.320. The third-order valence-electron chi connectivity index (χ3n) is 5.63. The summed E-state index contributed by atoms with van der Waals surface area (Å²) in [6, 6.07) is 0. The molecule has 0 aromatic heterocycles. The topological polar surface area (TPSA) is 61.4 Å².